The van der Waals surface area contributed by atoms with Crippen LogP contribution in [0.1, 0.15) is 16.1 Å². The van der Waals surface area contributed by atoms with Crippen molar-refractivity contribution in [2.75, 3.05) is 5.32 Å². The highest BCUT2D eigenvalue weighted by Gasteiger charge is 2.07. The molecule has 1 N–H and O–H groups in total. The summed E-state index contributed by atoms with van der Waals surface area (Å²) in [6.07, 6.45) is 3.74. The second kappa shape index (κ2) is 4.98. The van der Waals surface area contributed by atoms with Gasteiger partial charge in [0.05, 0.1) is 11.4 Å². The number of benzene rings is 1. The van der Waals surface area contributed by atoms with Crippen LogP contribution in [0.5, 0.6) is 0 Å². The SMILES string of the molecule is Cc1cn2cc(NC(=O)c3cccc(Cl)c3)ccc2n1. The summed E-state index contributed by atoms with van der Waals surface area (Å²) < 4.78 is 1.88. The molecule has 4 nitrogen and oxygen atoms in total. The second-order valence-corrected chi connectivity index (χ2v) is 4.97. The number of fused-ring (bicyclic) bond motifs is 1. The minimum atomic E-state index is -0.191. The molecule has 1 aromatic carbocycles. The normalized spacial score (nSPS) is 10.7. The Labute approximate surface area is 121 Å². The quantitative estimate of drug-likeness (QED) is 0.783. The van der Waals surface area contributed by atoms with Gasteiger partial charge in [-0.05, 0) is 37.3 Å². The lowest BCUT2D eigenvalue weighted by molar-refractivity contribution is 0.102. The molecule has 0 aliphatic heterocycles. The molecule has 0 radical (unpaired) electrons. The number of rotatable bonds is 2. The van der Waals surface area contributed by atoms with Crippen LogP contribution in [0.4, 0.5) is 5.69 Å². The smallest absolute Gasteiger partial charge is 0.255 e. The Bertz CT molecular complexity index is 795. The van der Waals surface area contributed by atoms with E-state index in [1.54, 1.807) is 24.3 Å². The Kier molecular flexibility index (Phi) is 3.16. The molecule has 5 heteroatoms. The highest BCUT2D eigenvalue weighted by molar-refractivity contribution is 6.31. The van der Waals surface area contributed by atoms with Crippen LogP contribution in [0.3, 0.4) is 0 Å². The Morgan fingerprint density at radius 3 is 2.90 bits per heavy atom. The van der Waals surface area contributed by atoms with Crippen LogP contribution in [-0.2, 0) is 0 Å². The number of pyridine rings is 1. The molecule has 20 heavy (non-hydrogen) atoms. The van der Waals surface area contributed by atoms with Crippen molar-refractivity contribution in [3.63, 3.8) is 0 Å². The number of halogens is 1. The van der Waals surface area contributed by atoms with Gasteiger partial charge in [-0.1, -0.05) is 17.7 Å². The first kappa shape index (κ1) is 12.7. The number of carbonyl (C=O) groups is 1. The molecule has 3 rings (SSSR count). The van der Waals surface area contributed by atoms with Gasteiger partial charge in [0.1, 0.15) is 5.65 Å². The van der Waals surface area contributed by atoms with Crippen LogP contribution < -0.4 is 5.32 Å². The molecule has 0 saturated heterocycles. The molecule has 0 aliphatic carbocycles. The average Bonchev–Trinajstić information content (AvgIpc) is 2.78. The van der Waals surface area contributed by atoms with Crippen LogP contribution in [0.2, 0.25) is 5.02 Å². The first-order valence-corrected chi connectivity index (χ1v) is 6.52. The number of aryl methyl sites for hydroxylation is 1. The fraction of sp³-hybridized carbons (Fsp3) is 0.0667. The van der Waals surface area contributed by atoms with E-state index in [1.165, 1.54) is 0 Å². The minimum Gasteiger partial charge on any atom is -0.321 e. The van der Waals surface area contributed by atoms with E-state index >= 15 is 0 Å². The van der Waals surface area contributed by atoms with Gasteiger partial charge in [0.2, 0.25) is 0 Å². The molecule has 2 heterocycles. The van der Waals surface area contributed by atoms with Gasteiger partial charge >= 0.3 is 0 Å². The topological polar surface area (TPSA) is 46.4 Å². The number of imidazole rings is 1. The van der Waals surface area contributed by atoms with E-state index in [-0.39, 0.29) is 5.91 Å². The summed E-state index contributed by atoms with van der Waals surface area (Å²) in [4.78, 5) is 16.4. The van der Waals surface area contributed by atoms with Gasteiger partial charge in [-0.3, -0.25) is 4.79 Å². The molecular weight excluding hydrogens is 274 g/mol. The predicted molar refractivity (Wildman–Crippen MR) is 79.3 cm³/mol. The van der Waals surface area contributed by atoms with E-state index < -0.39 is 0 Å². The fourth-order valence-corrected chi connectivity index (χ4v) is 2.22. The molecule has 0 bridgehead atoms. The largest absolute Gasteiger partial charge is 0.321 e. The number of nitrogens with zero attached hydrogens (tertiary/aromatic N) is 2. The van der Waals surface area contributed by atoms with E-state index in [0.29, 0.717) is 16.3 Å². The van der Waals surface area contributed by atoms with Gasteiger partial charge < -0.3 is 9.72 Å². The maximum atomic E-state index is 12.1. The molecule has 0 saturated carbocycles. The van der Waals surface area contributed by atoms with Gasteiger partial charge in [0, 0.05) is 23.0 Å². The van der Waals surface area contributed by atoms with Crippen molar-refractivity contribution in [3.8, 4) is 0 Å². The molecule has 2 aromatic heterocycles. The van der Waals surface area contributed by atoms with Gasteiger partial charge in [-0.25, -0.2) is 4.98 Å². The minimum absolute atomic E-state index is 0.191. The molecule has 0 fully saturated rings. The Hall–Kier alpha value is -2.33. The molecule has 0 spiro atoms. The van der Waals surface area contributed by atoms with Crippen LogP contribution in [0.15, 0.2) is 48.8 Å². The zero-order valence-corrected chi connectivity index (χ0v) is 11.6. The van der Waals surface area contributed by atoms with Gasteiger partial charge in [-0.15, -0.1) is 0 Å². The molecule has 1 amide bonds. The Morgan fingerprint density at radius 2 is 2.10 bits per heavy atom. The highest BCUT2D eigenvalue weighted by Crippen LogP contribution is 2.15. The van der Waals surface area contributed by atoms with E-state index in [2.05, 4.69) is 10.3 Å². The molecule has 100 valence electrons. The molecule has 3 aromatic rings. The number of carbonyl (C=O) groups excluding carboxylic acids is 1. The summed E-state index contributed by atoms with van der Waals surface area (Å²) >= 11 is 5.88. The van der Waals surface area contributed by atoms with Gasteiger partial charge in [-0.2, -0.15) is 0 Å². The van der Waals surface area contributed by atoms with Crippen LogP contribution >= 0.6 is 11.6 Å². The van der Waals surface area contributed by atoms with Crippen molar-refractivity contribution in [1.29, 1.82) is 0 Å². The summed E-state index contributed by atoms with van der Waals surface area (Å²) in [7, 11) is 0. The number of amides is 1. The second-order valence-electron chi connectivity index (χ2n) is 4.53. The first-order valence-electron chi connectivity index (χ1n) is 6.14. The zero-order chi connectivity index (χ0) is 14.1. The third-order valence-electron chi connectivity index (χ3n) is 2.92. The monoisotopic (exact) mass is 285 g/mol. The van der Waals surface area contributed by atoms with E-state index in [1.807, 2.05) is 35.9 Å². The molecule has 0 aliphatic rings. The maximum Gasteiger partial charge on any atom is 0.255 e. The number of hydrogen-bond donors (Lipinski definition) is 1. The molecule has 0 unspecified atom stereocenters. The van der Waals surface area contributed by atoms with Crippen LogP contribution in [-0.4, -0.2) is 15.3 Å². The Balaban J connectivity index is 1.87. The lowest BCUT2D eigenvalue weighted by Crippen LogP contribution is -2.12. The maximum absolute atomic E-state index is 12.1. The van der Waals surface area contributed by atoms with Crippen molar-refractivity contribution >= 4 is 28.8 Å². The highest BCUT2D eigenvalue weighted by atomic mass is 35.5. The summed E-state index contributed by atoms with van der Waals surface area (Å²) in [6, 6.07) is 10.5. The predicted octanol–water partition coefficient (Wildman–Crippen LogP) is 3.55. The van der Waals surface area contributed by atoms with Gasteiger partial charge in [0.15, 0.2) is 0 Å². The lowest BCUT2D eigenvalue weighted by atomic mass is 10.2. The summed E-state index contributed by atoms with van der Waals surface area (Å²) in [5.74, 6) is -0.191. The van der Waals surface area contributed by atoms with Crippen molar-refractivity contribution in [3.05, 3.63) is 65.1 Å². The summed E-state index contributed by atoms with van der Waals surface area (Å²) in [5, 5.41) is 3.38. The van der Waals surface area contributed by atoms with Crippen LogP contribution in [0.25, 0.3) is 5.65 Å². The van der Waals surface area contributed by atoms with Crippen molar-refractivity contribution in [2.24, 2.45) is 0 Å². The number of nitrogens with one attached hydrogen (secondary N) is 1. The first-order chi connectivity index (χ1) is 9.61. The van der Waals surface area contributed by atoms with Crippen molar-refractivity contribution < 1.29 is 4.79 Å². The summed E-state index contributed by atoms with van der Waals surface area (Å²) in [5.41, 5.74) is 3.02. The van der Waals surface area contributed by atoms with E-state index in [4.69, 9.17) is 11.6 Å². The standard InChI is InChI=1S/C15H12ClN3O/c1-10-8-19-9-13(5-6-14(19)17-10)18-15(20)11-3-2-4-12(16)7-11/h2-9H,1H3,(H,18,20). The van der Waals surface area contributed by atoms with E-state index in [9.17, 15) is 4.79 Å². The molecular formula is C15H12ClN3O. The van der Waals surface area contributed by atoms with Crippen molar-refractivity contribution in [1.82, 2.24) is 9.38 Å². The Morgan fingerprint density at radius 1 is 1.25 bits per heavy atom. The third kappa shape index (κ3) is 2.51. The number of hydrogen-bond acceptors (Lipinski definition) is 2. The van der Waals surface area contributed by atoms with E-state index in [0.717, 1.165) is 11.3 Å². The lowest BCUT2D eigenvalue weighted by Gasteiger charge is -2.06. The summed E-state index contributed by atoms with van der Waals surface area (Å²) in [6.45, 7) is 1.93. The fourth-order valence-electron chi connectivity index (χ4n) is 2.03. The van der Waals surface area contributed by atoms with Crippen LogP contribution in [0, 0.1) is 6.92 Å². The van der Waals surface area contributed by atoms with Gasteiger partial charge in [0.25, 0.3) is 5.91 Å². The number of aromatic nitrogens is 2. The molecule has 0 atom stereocenters. The number of anilines is 1. The van der Waals surface area contributed by atoms with Crippen molar-refractivity contribution in [2.45, 2.75) is 6.92 Å². The average molecular weight is 286 g/mol. The third-order valence-corrected chi connectivity index (χ3v) is 3.15. The zero-order valence-electron chi connectivity index (χ0n) is 10.8.